The molecule has 0 radical (unpaired) electrons. The zero-order valence-corrected chi connectivity index (χ0v) is 21.8. The molecule has 3 aromatic rings. The summed E-state index contributed by atoms with van der Waals surface area (Å²) in [5.74, 6) is -0.121. The number of anilines is 1. The van der Waals surface area contributed by atoms with Crippen molar-refractivity contribution in [1.82, 2.24) is 5.32 Å². The lowest BCUT2D eigenvalue weighted by Gasteiger charge is -2.24. The van der Waals surface area contributed by atoms with E-state index in [2.05, 4.69) is 10.6 Å². The lowest BCUT2D eigenvalue weighted by atomic mass is 10.0. The van der Waals surface area contributed by atoms with E-state index < -0.39 is 17.7 Å². The van der Waals surface area contributed by atoms with E-state index in [1.807, 2.05) is 13.8 Å². The van der Waals surface area contributed by atoms with Crippen LogP contribution in [0.1, 0.15) is 36.2 Å². The van der Waals surface area contributed by atoms with Gasteiger partial charge in [0.25, 0.3) is 5.91 Å². The number of carbonyl (C=O) groups is 2. The molecule has 0 spiro atoms. The summed E-state index contributed by atoms with van der Waals surface area (Å²) in [4.78, 5) is 22.7. The van der Waals surface area contributed by atoms with E-state index in [-0.39, 0.29) is 30.8 Å². The van der Waals surface area contributed by atoms with Crippen molar-refractivity contribution in [3.05, 3.63) is 77.9 Å². The first-order chi connectivity index (χ1) is 18.5. The number of carbonyl (C=O) groups excluding carboxylic acids is 1. The Labute approximate surface area is 225 Å². The van der Waals surface area contributed by atoms with Crippen LogP contribution < -0.4 is 20.1 Å². The summed E-state index contributed by atoms with van der Waals surface area (Å²) in [5.41, 5.74) is 1.72. The molecule has 0 fully saturated rings. The van der Waals surface area contributed by atoms with E-state index in [9.17, 15) is 22.8 Å². The second-order valence-electron chi connectivity index (χ2n) is 9.22. The van der Waals surface area contributed by atoms with Crippen molar-refractivity contribution in [2.75, 3.05) is 25.6 Å². The van der Waals surface area contributed by atoms with Crippen LogP contribution in [-0.4, -0.2) is 43.3 Å². The SMILES string of the molecule is COc1cc(OCC(Nc2ccc(C(=O)NCCC(=O)O)cc2)C(C)C)ccc1-c1ccc(C(F)(F)F)cc1. The highest BCUT2D eigenvalue weighted by Gasteiger charge is 2.30. The van der Waals surface area contributed by atoms with Crippen molar-refractivity contribution >= 4 is 17.6 Å². The number of carboxylic acid groups (broad SMARTS) is 1. The van der Waals surface area contributed by atoms with Gasteiger partial charge < -0.3 is 25.2 Å². The Morgan fingerprint density at radius 3 is 2.21 bits per heavy atom. The zero-order valence-electron chi connectivity index (χ0n) is 21.8. The number of aliphatic carboxylic acids is 1. The first-order valence-electron chi connectivity index (χ1n) is 12.3. The molecular weight excluding hydrogens is 513 g/mol. The van der Waals surface area contributed by atoms with Crippen LogP contribution in [0.4, 0.5) is 18.9 Å². The van der Waals surface area contributed by atoms with Gasteiger partial charge in [-0.3, -0.25) is 9.59 Å². The number of benzene rings is 3. The summed E-state index contributed by atoms with van der Waals surface area (Å²) < 4.78 is 50.2. The van der Waals surface area contributed by atoms with Gasteiger partial charge in [-0.05, 0) is 60.0 Å². The van der Waals surface area contributed by atoms with E-state index in [0.717, 1.165) is 17.8 Å². The summed E-state index contributed by atoms with van der Waals surface area (Å²) in [6.45, 7) is 4.45. The highest BCUT2D eigenvalue weighted by Crippen LogP contribution is 2.36. The minimum atomic E-state index is -4.40. The molecule has 3 N–H and O–H groups in total. The molecule has 0 heterocycles. The Bertz CT molecular complexity index is 1260. The van der Waals surface area contributed by atoms with Gasteiger partial charge in [0.2, 0.25) is 0 Å². The molecule has 0 aromatic heterocycles. The molecule has 0 bridgehead atoms. The van der Waals surface area contributed by atoms with Crippen LogP contribution >= 0.6 is 0 Å². The largest absolute Gasteiger partial charge is 0.496 e. The predicted molar refractivity (Wildman–Crippen MR) is 142 cm³/mol. The van der Waals surface area contributed by atoms with Crippen molar-refractivity contribution in [3.8, 4) is 22.6 Å². The fourth-order valence-electron chi connectivity index (χ4n) is 3.74. The number of rotatable bonds is 12. The number of nitrogens with one attached hydrogen (secondary N) is 2. The summed E-state index contributed by atoms with van der Waals surface area (Å²) in [5, 5.41) is 14.6. The molecule has 0 aliphatic heterocycles. The highest BCUT2D eigenvalue weighted by atomic mass is 19.4. The number of ether oxygens (including phenoxy) is 2. The molecule has 7 nitrogen and oxygen atoms in total. The maximum Gasteiger partial charge on any atom is 0.416 e. The normalized spacial score (nSPS) is 12.1. The van der Waals surface area contributed by atoms with Crippen molar-refractivity contribution < 1.29 is 37.3 Å². The van der Waals surface area contributed by atoms with E-state index in [0.29, 0.717) is 34.8 Å². The third-order valence-electron chi connectivity index (χ3n) is 6.05. The van der Waals surface area contributed by atoms with Gasteiger partial charge >= 0.3 is 12.1 Å². The Balaban J connectivity index is 1.63. The Morgan fingerprint density at radius 1 is 0.974 bits per heavy atom. The third-order valence-corrected chi connectivity index (χ3v) is 6.05. The molecule has 3 rings (SSSR count). The Hall–Kier alpha value is -4.21. The fourth-order valence-corrected chi connectivity index (χ4v) is 3.74. The number of hydrogen-bond acceptors (Lipinski definition) is 5. The molecule has 0 aliphatic carbocycles. The molecule has 0 aliphatic rings. The van der Waals surface area contributed by atoms with Crippen LogP contribution in [0.3, 0.4) is 0 Å². The van der Waals surface area contributed by atoms with Crippen molar-refractivity contribution in [3.63, 3.8) is 0 Å². The number of alkyl halides is 3. The Morgan fingerprint density at radius 2 is 1.64 bits per heavy atom. The lowest BCUT2D eigenvalue weighted by molar-refractivity contribution is -0.138. The molecule has 0 saturated carbocycles. The average Bonchev–Trinajstić information content (AvgIpc) is 2.90. The first kappa shape index (κ1) is 29.3. The minimum Gasteiger partial charge on any atom is -0.496 e. The molecule has 0 saturated heterocycles. The van der Waals surface area contributed by atoms with Crippen LogP contribution in [0, 0.1) is 5.92 Å². The topological polar surface area (TPSA) is 96.9 Å². The number of methoxy groups -OCH3 is 1. The van der Waals surface area contributed by atoms with Gasteiger partial charge in [0.1, 0.15) is 18.1 Å². The molecule has 1 unspecified atom stereocenters. The van der Waals surface area contributed by atoms with Crippen LogP contribution in [0.15, 0.2) is 66.7 Å². The number of carboxylic acids is 1. The van der Waals surface area contributed by atoms with Crippen LogP contribution in [0.2, 0.25) is 0 Å². The Kier molecular flexibility index (Phi) is 9.81. The number of halogens is 3. The quantitative estimate of drug-likeness (QED) is 0.255. The van der Waals surface area contributed by atoms with Crippen LogP contribution in [-0.2, 0) is 11.0 Å². The van der Waals surface area contributed by atoms with Gasteiger partial charge in [0.15, 0.2) is 0 Å². The number of amides is 1. The smallest absolute Gasteiger partial charge is 0.416 e. The second kappa shape index (κ2) is 13.0. The van der Waals surface area contributed by atoms with Crippen molar-refractivity contribution in [2.24, 2.45) is 5.92 Å². The molecule has 39 heavy (non-hydrogen) atoms. The summed E-state index contributed by atoms with van der Waals surface area (Å²) in [7, 11) is 1.49. The standard InChI is InChI=1S/C29H31F3N2O5/c1-18(2)25(34-22-10-6-20(7-11-22)28(37)33-15-14-27(35)36)17-39-23-12-13-24(26(16-23)38-3)19-4-8-21(9-5-19)29(30,31)32/h4-13,16,18,25,34H,14-15,17H2,1-3H3,(H,33,37)(H,35,36). The minimum absolute atomic E-state index is 0.0526. The zero-order chi connectivity index (χ0) is 28.6. The molecule has 1 atom stereocenters. The van der Waals surface area contributed by atoms with Gasteiger partial charge in [-0.2, -0.15) is 13.2 Å². The monoisotopic (exact) mass is 544 g/mol. The van der Waals surface area contributed by atoms with E-state index in [1.165, 1.54) is 19.2 Å². The summed E-state index contributed by atoms with van der Waals surface area (Å²) >= 11 is 0. The maximum absolute atomic E-state index is 12.9. The molecule has 10 heteroatoms. The van der Waals surface area contributed by atoms with Gasteiger partial charge in [-0.15, -0.1) is 0 Å². The average molecular weight is 545 g/mol. The predicted octanol–water partition coefficient (Wildman–Crippen LogP) is 6.10. The maximum atomic E-state index is 12.9. The van der Waals surface area contributed by atoms with E-state index in [4.69, 9.17) is 14.6 Å². The first-order valence-corrected chi connectivity index (χ1v) is 12.3. The molecular formula is C29H31F3N2O5. The third kappa shape index (κ3) is 8.39. The van der Waals surface area contributed by atoms with Crippen LogP contribution in [0.5, 0.6) is 11.5 Å². The molecule has 1 amide bonds. The summed E-state index contributed by atoms with van der Waals surface area (Å²) in [6.07, 6.45) is -4.55. The fraction of sp³-hybridized carbons (Fsp3) is 0.310. The van der Waals surface area contributed by atoms with E-state index in [1.54, 1.807) is 42.5 Å². The second-order valence-corrected chi connectivity index (χ2v) is 9.22. The van der Waals surface area contributed by atoms with Crippen molar-refractivity contribution in [2.45, 2.75) is 32.5 Å². The molecule has 208 valence electrons. The molecule has 3 aromatic carbocycles. The summed E-state index contributed by atoms with van der Waals surface area (Å²) in [6, 6.07) is 16.8. The highest BCUT2D eigenvalue weighted by molar-refractivity contribution is 5.94. The number of hydrogen-bond donors (Lipinski definition) is 3. The van der Waals surface area contributed by atoms with E-state index >= 15 is 0 Å². The van der Waals surface area contributed by atoms with Crippen molar-refractivity contribution in [1.29, 1.82) is 0 Å². The van der Waals surface area contributed by atoms with Gasteiger partial charge in [0.05, 0.1) is 25.1 Å². The van der Waals surface area contributed by atoms with Gasteiger partial charge in [-0.1, -0.05) is 26.0 Å². The lowest BCUT2D eigenvalue weighted by Crippen LogP contribution is -2.32. The van der Waals surface area contributed by atoms with Gasteiger partial charge in [-0.25, -0.2) is 0 Å². The van der Waals surface area contributed by atoms with Gasteiger partial charge in [0, 0.05) is 29.4 Å². The van der Waals surface area contributed by atoms with Crippen LogP contribution in [0.25, 0.3) is 11.1 Å².